The number of carbonyl (C=O) groups excluding carboxylic acids is 1. The first-order valence-electron chi connectivity index (χ1n) is 11.5. The summed E-state index contributed by atoms with van der Waals surface area (Å²) in [6, 6.07) is 16.1. The predicted molar refractivity (Wildman–Crippen MR) is 138 cm³/mol. The maximum atomic E-state index is 14.1. The van der Waals surface area contributed by atoms with Gasteiger partial charge in [-0.25, -0.2) is 12.8 Å². The van der Waals surface area contributed by atoms with Crippen LogP contribution in [0.5, 0.6) is 5.75 Å². The third-order valence-corrected chi connectivity index (χ3v) is 8.41. The number of sulfonamides is 1. The molecule has 0 saturated carbocycles. The fourth-order valence-corrected chi connectivity index (χ4v) is 5.96. The molecule has 0 unspecified atom stereocenters. The van der Waals surface area contributed by atoms with Gasteiger partial charge in [-0.2, -0.15) is 0 Å². The lowest BCUT2D eigenvalue weighted by Crippen LogP contribution is -2.44. The first kappa shape index (κ1) is 26.1. The average Bonchev–Trinajstić information content (AvgIpc) is 2.87. The summed E-state index contributed by atoms with van der Waals surface area (Å²) >= 11 is 6.20. The Morgan fingerprint density at radius 2 is 1.94 bits per heavy atom. The summed E-state index contributed by atoms with van der Waals surface area (Å²) < 4.78 is 54.2. The van der Waals surface area contributed by atoms with Gasteiger partial charge < -0.3 is 9.47 Å². The van der Waals surface area contributed by atoms with E-state index in [9.17, 15) is 17.6 Å². The van der Waals surface area contributed by atoms with Gasteiger partial charge in [-0.15, -0.1) is 0 Å². The molecular formula is C27H27ClFNO5S. The van der Waals surface area contributed by atoms with E-state index in [1.165, 1.54) is 17.5 Å². The lowest BCUT2D eigenvalue weighted by molar-refractivity contribution is -0.128. The van der Waals surface area contributed by atoms with Crippen LogP contribution in [0.1, 0.15) is 25.3 Å². The van der Waals surface area contributed by atoms with Crippen LogP contribution < -0.4 is 9.04 Å². The van der Waals surface area contributed by atoms with E-state index in [0.717, 1.165) is 5.56 Å². The molecule has 9 heteroatoms. The predicted octanol–water partition coefficient (Wildman–Crippen LogP) is 5.80. The van der Waals surface area contributed by atoms with Crippen molar-refractivity contribution >= 4 is 33.1 Å². The van der Waals surface area contributed by atoms with Crippen LogP contribution in [0.2, 0.25) is 5.02 Å². The topological polar surface area (TPSA) is 72.9 Å². The second-order valence-electron chi connectivity index (χ2n) is 8.76. The van der Waals surface area contributed by atoms with E-state index in [1.807, 2.05) is 13.0 Å². The SMILES string of the molecule is CO[C@@H](C)C(=O)CC[C@H]1CN(S(=O)(=O)c2cccc(C)c2)c2cc(-c3cccc(F)c3Cl)ccc2O1. The molecule has 0 spiro atoms. The van der Waals surface area contributed by atoms with Gasteiger partial charge >= 0.3 is 0 Å². The lowest BCUT2D eigenvalue weighted by atomic mass is 10.0. The average molecular weight is 532 g/mol. The monoisotopic (exact) mass is 531 g/mol. The highest BCUT2D eigenvalue weighted by Gasteiger charge is 2.35. The molecule has 0 bridgehead atoms. The number of ether oxygens (including phenoxy) is 2. The van der Waals surface area contributed by atoms with Crippen molar-refractivity contribution in [3.05, 3.63) is 77.1 Å². The number of anilines is 1. The Bertz CT molecular complexity index is 1390. The Balaban J connectivity index is 1.76. The van der Waals surface area contributed by atoms with Crippen LogP contribution in [0.3, 0.4) is 0 Å². The number of fused-ring (bicyclic) bond motifs is 1. The third-order valence-electron chi connectivity index (χ3n) is 6.25. The van der Waals surface area contributed by atoms with Gasteiger partial charge in [0, 0.05) is 19.1 Å². The van der Waals surface area contributed by atoms with Crippen LogP contribution in [0.4, 0.5) is 10.1 Å². The van der Waals surface area contributed by atoms with Crippen molar-refractivity contribution < 1.29 is 27.1 Å². The molecule has 0 radical (unpaired) electrons. The maximum absolute atomic E-state index is 14.1. The van der Waals surface area contributed by atoms with E-state index in [4.69, 9.17) is 21.1 Å². The molecule has 36 heavy (non-hydrogen) atoms. The molecule has 2 atom stereocenters. The van der Waals surface area contributed by atoms with Crippen molar-refractivity contribution in [1.29, 1.82) is 0 Å². The molecule has 0 saturated heterocycles. The molecule has 1 aliphatic heterocycles. The van der Waals surface area contributed by atoms with Crippen LogP contribution in [-0.2, 0) is 19.6 Å². The molecule has 0 aliphatic carbocycles. The van der Waals surface area contributed by atoms with Crippen molar-refractivity contribution in [3.8, 4) is 16.9 Å². The summed E-state index contributed by atoms with van der Waals surface area (Å²) in [6.45, 7) is 3.51. The molecule has 0 fully saturated rings. The Morgan fingerprint density at radius 1 is 1.19 bits per heavy atom. The number of ketones is 1. The number of halogens is 2. The highest BCUT2D eigenvalue weighted by molar-refractivity contribution is 7.92. The number of methoxy groups -OCH3 is 1. The van der Waals surface area contributed by atoms with Crippen LogP contribution in [0.15, 0.2) is 65.6 Å². The molecule has 0 amide bonds. The summed E-state index contributed by atoms with van der Waals surface area (Å²) in [7, 11) is -2.50. The van der Waals surface area contributed by atoms with Crippen LogP contribution in [-0.4, -0.2) is 40.1 Å². The Hall–Kier alpha value is -2.94. The first-order chi connectivity index (χ1) is 17.1. The van der Waals surface area contributed by atoms with Gasteiger partial charge in [0.15, 0.2) is 5.78 Å². The van der Waals surface area contributed by atoms with Crippen LogP contribution in [0.25, 0.3) is 11.1 Å². The largest absolute Gasteiger partial charge is 0.486 e. The Kier molecular flexibility index (Phi) is 7.68. The molecule has 6 nitrogen and oxygen atoms in total. The molecule has 1 aliphatic rings. The van der Waals surface area contributed by atoms with Gasteiger partial charge in [-0.1, -0.05) is 41.9 Å². The summed E-state index contributed by atoms with van der Waals surface area (Å²) in [4.78, 5) is 12.5. The number of rotatable bonds is 8. The minimum atomic E-state index is -3.97. The van der Waals surface area contributed by atoms with Crippen molar-refractivity contribution in [3.63, 3.8) is 0 Å². The van der Waals surface area contributed by atoms with Gasteiger partial charge in [0.1, 0.15) is 23.8 Å². The Morgan fingerprint density at radius 3 is 2.67 bits per heavy atom. The van der Waals surface area contributed by atoms with Gasteiger partial charge in [-0.05, 0) is 61.7 Å². The van der Waals surface area contributed by atoms with Gasteiger partial charge in [0.25, 0.3) is 10.0 Å². The smallest absolute Gasteiger partial charge is 0.264 e. The number of benzene rings is 3. The Labute approximate surface area is 215 Å². The second-order valence-corrected chi connectivity index (χ2v) is 11.0. The fourth-order valence-electron chi connectivity index (χ4n) is 4.13. The van der Waals surface area contributed by atoms with E-state index < -0.39 is 28.0 Å². The highest BCUT2D eigenvalue weighted by Crippen LogP contribution is 2.42. The molecular weight excluding hydrogens is 505 g/mol. The van der Waals surface area contributed by atoms with E-state index >= 15 is 0 Å². The molecule has 1 heterocycles. The fraction of sp³-hybridized carbons (Fsp3) is 0.296. The molecule has 190 valence electrons. The number of Topliss-reactive ketones (excluding diaryl/α,β-unsaturated/α-hetero) is 1. The molecule has 4 rings (SSSR count). The van der Waals surface area contributed by atoms with Crippen molar-refractivity contribution in [2.45, 2.75) is 43.8 Å². The molecule has 3 aromatic rings. The van der Waals surface area contributed by atoms with E-state index in [2.05, 4.69) is 0 Å². The van der Waals surface area contributed by atoms with Gasteiger partial charge in [-0.3, -0.25) is 9.10 Å². The zero-order chi connectivity index (χ0) is 26.0. The summed E-state index contributed by atoms with van der Waals surface area (Å²) in [5.41, 5.74) is 2.12. The molecule has 0 N–H and O–H groups in total. The normalized spacial score (nSPS) is 16.2. The summed E-state index contributed by atoms with van der Waals surface area (Å²) in [5.74, 6) is -0.301. The number of hydrogen-bond acceptors (Lipinski definition) is 5. The first-order valence-corrected chi connectivity index (χ1v) is 13.3. The van der Waals surface area contributed by atoms with Crippen LogP contribution >= 0.6 is 11.6 Å². The number of aryl methyl sites for hydroxylation is 1. The van der Waals surface area contributed by atoms with Crippen molar-refractivity contribution in [2.24, 2.45) is 0 Å². The maximum Gasteiger partial charge on any atom is 0.264 e. The summed E-state index contributed by atoms with van der Waals surface area (Å²) in [6.07, 6.45) is -0.589. The summed E-state index contributed by atoms with van der Waals surface area (Å²) in [5, 5.41) is -0.0501. The van der Waals surface area contributed by atoms with E-state index in [0.29, 0.717) is 29.0 Å². The minimum Gasteiger partial charge on any atom is -0.486 e. The third kappa shape index (κ3) is 5.26. The minimum absolute atomic E-state index is 0.0122. The zero-order valence-electron chi connectivity index (χ0n) is 20.2. The van der Waals surface area contributed by atoms with Crippen molar-refractivity contribution in [2.75, 3.05) is 18.0 Å². The highest BCUT2D eigenvalue weighted by atomic mass is 35.5. The van der Waals surface area contributed by atoms with Crippen molar-refractivity contribution in [1.82, 2.24) is 0 Å². The van der Waals surface area contributed by atoms with E-state index in [-0.39, 0.29) is 28.7 Å². The lowest BCUT2D eigenvalue weighted by Gasteiger charge is -2.36. The van der Waals surface area contributed by atoms with E-state index in [1.54, 1.807) is 55.5 Å². The second kappa shape index (κ2) is 10.6. The standard InChI is InChI=1S/C27H27ClFNO5S/c1-17-6-4-7-21(14-17)36(32,33)30-16-20(11-12-25(31)18(2)34-3)35-26-13-10-19(15-24(26)30)22-8-5-9-23(29)27(22)28/h4-10,13-15,18,20H,11-12,16H2,1-3H3/t18-,20-/m0/s1. The molecule has 3 aromatic carbocycles. The van der Waals surface area contributed by atoms with Crippen LogP contribution in [0, 0.1) is 12.7 Å². The quantitative estimate of drug-likeness (QED) is 0.367. The van der Waals surface area contributed by atoms with Gasteiger partial charge in [0.2, 0.25) is 0 Å². The zero-order valence-corrected chi connectivity index (χ0v) is 21.8. The molecule has 0 aromatic heterocycles. The number of hydrogen-bond donors (Lipinski definition) is 0. The van der Waals surface area contributed by atoms with Gasteiger partial charge in [0.05, 0.1) is 22.2 Å². The number of nitrogens with zero attached hydrogens (tertiary/aromatic N) is 1. The number of carbonyl (C=O) groups is 1.